The first-order valence-electron chi connectivity index (χ1n) is 8.14. The standard InChI is InChI=1S/C16H18N2O7S2/c1-8(19)25-5-9-6-27-15-12(14(21)18(15)13(9)16(22)23)17-11(20)4-10-7-26-3-2-24-10/h7,12,15H,2-6H2,1H3,(H,17,20)(H,22,23). The molecule has 0 aromatic carbocycles. The smallest absolute Gasteiger partial charge is 0.352 e. The van der Waals surface area contributed by atoms with E-state index in [2.05, 4.69) is 5.32 Å². The summed E-state index contributed by atoms with van der Waals surface area (Å²) in [6.45, 7) is 1.58. The summed E-state index contributed by atoms with van der Waals surface area (Å²) in [5.41, 5.74) is 0.181. The third kappa shape index (κ3) is 4.24. The number of hydrogen-bond acceptors (Lipinski definition) is 8. The highest BCUT2D eigenvalue weighted by Crippen LogP contribution is 2.40. The number of fused-ring (bicyclic) bond motifs is 1. The Morgan fingerprint density at radius 2 is 2.22 bits per heavy atom. The van der Waals surface area contributed by atoms with Crippen LogP contribution in [-0.4, -0.2) is 69.9 Å². The normalized spacial score (nSPS) is 24.3. The predicted molar refractivity (Wildman–Crippen MR) is 97.4 cm³/mol. The molecule has 3 rings (SSSR count). The van der Waals surface area contributed by atoms with Crippen molar-refractivity contribution in [3.8, 4) is 0 Å². The first-order chi connectivity index (χ1) is 12.9. The molecule has 1 fully saturated rings. The zero-order valence-electron chi connectivity index (χ0n) is 14.4. The average molecular weight is 414 g/mol. The van der Waals surface area contributed by atoms with Gasteiger partial charge in [-0.3, -0.25) is 19.3 Å². The first-order valence-corrected chi connectivity index (χ1v) is 10.2. The lowest BCUT2D eigenvalue weighted by Gasteiger charge is -2.49. The Hall–Kier alpha value is -2.14. The fourth-order valence-electron chi connectivity index (χ4n) is 2.87. The van der Waals surface area contributed by atoms with Crippen molar-refractivity contribution in [3.05, 3.63) is 22.4 Å². The minimum atomic E-state index is -1.27. The lowest BCUT2D eigenvalue weighted by molar-refractivity contribution is -0.151. The molecule has 0 aromatic heterocycles. The van der Waals surface area contributed by atoms with E-state index in [1.54, 1.807) is 17.2 Å². The molecule has 0 aromatic rings. The molecule has 27 heavy (non-hydrogen) atoms. The van der Waals surface area contributed by atoms with Gasteiger partial charge in [0.05, 0.1) is 13.0 Å². The maximum absolute atomic E-state index is 12.5. The van der Waals surface area contributed by atoms with Crippen LogP contribution in [0.15, 0.2) is 22.4 Å². The van der Waals surface area contributed by atoms with Gasteiger partial charge < -0.3 is 19.9 Å². The van der Waals surface area contributed by atoms with Crippen molar-refractivity contribution in [1.29, 1.82) is 0 Å². The van der Waals surface area contributed by atoms with Crippen LogP contribution in [0.5, 0.6) is 0 Å². The maximum atomic E-state index is 12.5. The molecule has 0 bridgehead atoms. The summed E-state index contributed by atoms with van der Waals surface area (Å²) in [6, 6.07) is -0.788. The van der Waals surface area contributed by atoms with Gasteiger partial charge in [-0.2, -0.15) is 0 Å². The van der Waals surface area contributed by atoms with Crippen molar-refractivity contribution < 1.29 is 33.8 Å². The number of carbonyl (C=O) groups is 4. The monoisotopic (exact) mass is 414 g/mol. The van der Waals surface area contributed by atoms with E-state index in [1.807, 2.05) is 0 Å². The molecule has 0 radical (unpaired) electrons. The van der Waals surface area contributed by atoms with Gasteiger partial charge in [0, 0.05) is 29.4 Å². The van der Waals surface area contributed by atoms with Crippen LogP contribution in [0.3, 0.4) is 0 Å². The molecule has 1 saturated heterocycles. The molecule has 2 unspecified atom stereocenters. The summed E-state index contributed by atoms with van der Waals surface area (Å²) < 4.78 is 10.3. The number of carboxylic acid groups (broad SMARTS) is 1. The van der Waals surface area contributed by atoms with Gasteiger partial charge in [0.25, 0.3) is 5.91 Å². The van der Waals surface area contributed by atoms with Crippen molar-refractivity contribution >= 4 is 47.3 Å². The number of aliphatic carboxylic acids is 1. The van der Waals surface area contributed by atoms with Crippen molar-refractivity contribution in [2.75, 3.05) is 24.7 Å². The molecular weight excluding hydrogens is 396 g/mol. The van der Waals surface area contributed by atoms with Gasteiger partial charge in [0.15, 0.2) is 0 Å². The predicted octanol–water partition coefficient (Wildman–Crippen LogP) is 0.283. The molecule has 2 N–H and O–H groups in total. The summed E-state index contributed by atoms with van der Waals surface area (Å²) in [4.78, 5) is 48.4. The highest BCUT2D eigenvalue weighted by molar-refractivity contribution is 8.02. The maximum Gasteiger partial charge on any atom is 0.352 e. The highest BCUT2D eigenvalue weighted by Gasteiger charge is 2.54. The first kappa shape index (κ1) is 19.6. The summed E-state index contributed by atoms with van der Waals surface area (Å²) in [7, 11) is 0. The zero-order valence-corrected chi connectivity index (χ0v) is 16.1. The minimum absolute atomic E-state index is 0.0352. The number of carboxylic acids is 1. The number of nitrogens with one attached hydrogen (secondary N) is 1. The molecule has 11 heteroatoms. The minimum Gasteiger partial charge on any atom is -0.496 e. The van der Waals surface area contributed by atoms with Crippen molar-refractivity contribution in [1.82, 2.24) is 10.2 Å². The number of esters is 1. The molecular formula is C16H18N2O7S2. The van der Waals surface area contributed by atoms with Crippen LogP contribution in [0.4, 0.5) is 0 Å². The number of β-lactam (4-membered cyclic amide) rings is 1. The van der Waals surface area contributed by atoms with Gasteiger partial charge >= 0.3 is 11.9 Å². The number of ether oxygens (including phenoxy) is 2. The summed E-state index contributed by atoms with van der Waals surface area (Å²) in [6.07, 6.45) is 0.0352. The Morgan fingerprint density at radius 1 is 1.44 bits per heavy atom. The largest absolute Gasteiger partial charge is 0.496 e. The number of amides is 2. The molecule has 3 aliphatic rings. The molecule has 2 atom stereocenters. The van der Waals surface area contributed by atoms with E-state index >= 15 is 0 Å². The number of nitrogens with zero attached hydrogens (tertiary/aromatic N) is 1. The second kappa shape index (κ2) is 8.26. The van der Waals surface area contributed by atoms with Crippen LogP contribution in [0, 0.1) is 0 Å². The van der Waals surface area contributed by atoms with Gasteiger partial charge in [-0.05, 0) is 0 Å². The van der Waals surface area contributed by atoms with E-state index in [9.17, 15) is 24.3 Å². The lowest BCUT2D eigenvalue weighted by atomic mass is 10.0. The number of hydrogen-bond donors (Lipinski definition) is 2. The molecule has 0 aliphatic carbocycles. The lowest BCUT2D eigenvalue weighted by Crippen LogP contribution is -2.70. The molecule has 2 amide bonds. The Labute approximate surface area is 163 Å². The Kier molecular flexibility index (Phi) is 6.00. The van der Waals surface area contributed by atoms with E-state index in [1.165, 1.54) is 18.7 Å². The van der Waals surface area contributed by atoms with Crippen molar-refractivity contribution in [3.63, 3.8) is 0 Å². The van der Waals surface area contributed by atoms with Gasteiger partial charge in [-0.15, -0.1) is 23.5 Å². The number of rotatable bonds is 6. The van der Waals surface area contributed by atoms with E-state index in [-0.39, 0.29) is 24.6 Å². The van der Waals surface area contributed by atoms with Gasteiger partial charge in [-0.25, -0.2) is 4.79 Å². The highest BCUT2D eigenvalue weighted by atomic mass is 32.2. The average Bonchev–Trinajstić information content (AvgIpc) is 2.64. The Balaban J connectivity index is 1.66. The number of thioether (sulfide) groups is 2. The summed E-state index contributed by atoms with van der Waals surface area (Å²) >= 11 is 2.88. The summed E-state index contributed by atoms with van der Waals surface area (Å²) in [5, 5.41) is 13.4. The third-order valence-corrected chi connectivity index (χ3v) is 6.23. The van der Waals surface area contributed by atoms with Gasteiger partial charge in [0.2, 0.25) is 5.91 Å². The van der Waals surface area contributed by atoms with Gasteiger partial charge in [0.1, 0.15) is 29.5 Å². The van der Waals surface area contributed by atoms with Crippen molar-refractivity contribution in [2.24, 2.45) is 0 Å². The van der Waals surface area contributed by atoms with Crippen LogP contribution >= 0.6 is 23.5 Å². The molecule has 0 saturated carbocycles. The van der Waals surface area contributed by atoms with E-state index in [0.717, 1.165) is 10.7 Å². The van der Waals surface area contributed by atoms with E-state index in [0.29, 0.717) is 23.7 Å². The van der Waals surface area contributed by atoms with Crippen LogP contribution in [-0.2, 0) is 28.7 Å². The fourth-order valence-corrected chi connectivity index (χ4v) is 4.83. The molecule has 3 heterocycles. The van der Waals surface area contributed by atoms with Crippen LogP contribution in [0.1, 0.15) is 13.3 Å². The zero-order chi connectivity index (χ0) is 19.6. The van der Waals surface area contributed by atoms with E-state index < -0.39 is 29.3 Å². The number of carbonyl (C=O) groups excluding carboxylic acids is 3. The molecule has 146 valence electrons. The molecule has 0 spiro atoms. The summed E-state index contributed by atoms with van der Waals surface area (Å²) in [5.74, 6) is -0.964. The SMILES string of the molecule is CC(=O)OCC1=C(C(=O)O)N2C(=O)C(NC(=O)CC3=CSCCO3)C2SC1. The Morgan fingerprint density at radius 3 is 2.85 bits per heavy atom. The molecule has 3 aliphatic heterocycles. The van der Waals surface area contributed by atoms with Crippen molar-refractivity contribution in [2.45, 2.75) is 24.8 Å². The fraction of sp³-hybridized carbons (Fsp3) is 0.500. The second-order valence-corrected chi connectivity index (χ2v) is 8.06. The molecule has 9 nitrogen and oxygen atoms in total. The topological polar surface area (TPSA) is 122 Å². The Bertz CT molecular complexity index is 749. The van der Waals surface area contributed by atoms with E-state index in [4.69, 9.17) is 9.47 Å². The van der Waals surface area contributed by atoms with Crippen LogP contribution < -0.4 is 5.32 Å². The quantitative estimate of drug-likeness (QED) is 0.466. The van der Waals surface area contributed by atoms with Crippen LogP contribution in [0.25, 0.3) is 0 Å². The second-order valence-electron chi connectivity index (χ2n) is 5.97. The third-order valence-electron chi connectivity index (χ3n) is 4.05. The van der Waals surface area contributed by atoms with Crippen LogP contribution in [0.2, 0.25) is 0 Å². The van der Waals surface area contributed by atoms with Gasteiger partial charge in [-0.1, -0.05) is 0 Å².